The lowest BCUT2D eigenvalue weighted by molar-refractivity contribution is -0.150. The topological polar surface area (TPSA) is 38.8 Å². The first-order valence-electron chi connectivity index (χ1n) is 10.2. The summed E-state index contributed by atoms with van der Waals surface area (Å²) in [6, 6.07) is 11.4. The lowest BCUT2D eigenvalue weighted by Crippen LogP contribution is -2.50. The Morgan fingerprint density at radius 1 is 1.15 bits per heavy atom. The van der Waals surface area contributed by atoms with Gasteiger partial charge in [-0.05, 0) is 30.1 Å². The summed E-state index contributed by atoms with van der Waals surface area (Å²) in [5, 5.41) is 0.198. The van der Waals surface area contributed by atoms with Gasteiger partial charge in [0.25, 0.3) is 0 Å². The summed E-state index contributed by atoms with van der Waals surface area (Å²) in [7, 11) is -1.84. The molecule has 0 amide bonds. The number of piperidine rings is 1. The molecule has 0 N–H and O–H groups in total. The van der Waals surface area contributed by atoms with Gasteiger partial charge >= 0.3 is 5.97 Å². The van der Waals surface area contributed by atoms with Crippen molar-refractivity contribution in [1.29, 1.82) is 0 Å². The summed E-state index contributed by atoms with van der Waals surface area (Å²) in [4.78, 5) is 14.1. The van der Waals surface area contributed by atoms with Crippen LogP contribution >= 0.6 is 0 Å². The quantitative estimate of drug-likeness (QED) is 0.538. The number of benzene rings is 1. The highest BCUT2D eigenvalue weighted by Crippen LogP contribution is 2.44. The van der Waals surface area contributed by atoms with Crippen molar-refractivity contribution in [1.82, 2.24) is 4.90 Å². The minimum absolute atomic E-state index is 0.0255. The molecule has 0 aliphatic carbocycles. The van der Waals surface area contributed by atoms with Gasteiger partial charge < -0.3 is 9.16 Å². The number of carbonyl (C=O) groups is 1. The molecule has 0 aromatic heterocycles. The van der Waals surface area contributed by atoms with Gasteiger partial charge in [-0.3, -0.25) is 9.69 Å². The van der Waals surface area contributed by atoms with E-state index >= 15 is 0 Å². The average molecular weight is 390 g/mol. The van der Waals surface area contributed by atoms with Crippen molar-refractivity contribution in [2.24, 2.45) is 0 Å². The highest BCUT2D eigenvalue weighted by Gasteiger charge is 2.51. The Bertz CT molecular complexity index is 655. The summed E-state index contributed by atoms with van der Waals surface area (Å²) in [5.74, 6) is -0.169. The number of nitrogens with zero attached hydrogens (tertiary/aromatic N) is 1. The maximum Gasteiger partial charge on any atom is 0.302 e. The molecule has 0 spiro atoms. The molecular weight excluding hydrogens is 354 g/mol. The van der Waals surface area contributed by atoms with Crippen LogP contribution in [0.15, 0.2) is 30.3 Å². The summed E-state index contributed by atoms with van der Waals surface area (Å²) in [6.07, 6.45) is 3.10. The van der Waals surface area contributed by atoms with Crippen LogP contribution in [0.4, 0.5) is 0 Å². The van der Waals surface area contributed by atoms with Gasteiger partial charge in [-0.2, -0.15) is 0 Å². The molecule has 2 bridgehead atoms. The SMILES string of the molecule is CC(=O)OC1CC2CC(O[Si](C)(C)C(C)(C)C)C(C1)N2Cc1ccccc1. The minimum Gasteiger partial charge on any atom is -0.462 e. The van der Waals surface area contributed by atoms with Gasteiger partial charge in [-0.25, -0.2) is 0 Å². The van der Waals surface area contributed by atoms with Crippen LogP contribution in [0.2, 0.25) is 18.1 Å². The van der Waals surface area contributed by atoms with Gasteiger partial charge in [0.1, 0.15) is 6.10 Å². The number of carbonyl (C=O) groups excluding carboxylic acids is 1. The van der Waals surface area contributed by atoms with Gasteiger partial charge in [0.2, 0.25) is 0 Å². The van der Waals surface area contributed by atoms with E-state index in [-0.39, 0.29) is 23.2 Å². The fourth-order valence-electron chi connectivity index (χ4n) is 4.29. The van der Waals surface area contributed by atoms with E-state index in [4.69, 9.17) is 9.16 Å². The number of ether oxygens (including phenoxy) is 1. The van der Waals surface area contributed by atoms with Crippen molar-refractivity contribution >= 4 is 14.3 Å². The fraction of sp³-hybridized carbons (Fsp3) is 0.682. The van der Waals surface area contributed by atoms with E-state index < -0.39 is 8.32 Å². The smallest absolute Gasteiger partial charge is 0.302 e. The first kappa shape index (κ1) is 20.6. The van der Waals surface area contributed by atoms with E-state index in [0.29, 0.717) is 12.1 Å². The number of rotatable bonds is 5. The predicted molar refractivity (Wildman–Crippen MR) is 111 cm³/mol. The maximum atomic E-state index is 11.5. The first-order chi connectivity index (χ1) is 12.6. The Hall–Kier alpha value is -1.17. The van der Waals surface area contributed by atoms with Crippen molar-refractivity contribution in [3.05, 3.63) is 35.9 Å². The third-order valence-electron chi connectivity index (χ3n) is 6.66. The molecule has 3 rings (SSSR count). The largest absolute Gasteiger partial charge is 0.462 e. The summed E-state index contributed by atoms with van der Waals surface area (Å²) in [5.41, 5.74) is 1.34. The van der Waals surface area contributed by atoms with E-state index in [0.717, 1.165) is 25.8 Å². The monoisotopic (exact) mass is 389 g/mol. The first-order valence-corrected chi connectivity index (χ1v) is 13.1. The van der Waals surface area contributed by atoms with Crippen molar-refractivity contribution in [2.75, 3.05) is 0 Å². The zero-order valence-electron chi connectivity index (χ0n) is 17.7. The fourth-order valence-corrected chi connectivity index (χ4v) is 5.65. The lowest BCUT2D eigenvalue weighted by Gasteiger charge is -2.42. The molecule has 2 saturated heterocycles. The van der Waals surface area contributed by atoms with E-state index in [9.17, 15) is 4.79 Å². The van der Waals surface area contributed by atoms with Crippen molar-refractivity contribution in [2.45, 2.75) is 95.9 Å². The molecule has 0 saturated carbocycles. The molecule has 4 nitrogen and oxygen atoms in total. The van der Waals surface area contributed by atoms with E-state index in [1.54, 1.807) is 0 Å². The molecule has 5 heteroatoms. The van der Waals surface area contributed by atoms with Gasteiger partial charge in [0.15, 0.2) is 8.32 Å². The molecule has 1 aromatic rings. The van der Waals surface area contributed by atoms with Crippen LogP contribution in [0.25, 0.3) is 0 Å². The maximum absolute atomic E-state index is 11.5. The van der Waals surface area contributed by atoms with Crippen LogP contribution in [-0.4, -0.2) is 43.5 Å². The van der Waals surface area contributed by atoms with Crippen molar-refractivity contribution < 1.29 is 14.0 Å². The standard InChI is InChI=1S/C22H35NO3Si/c1-16(24)25-19-12-18-13-21(26-27(5,6)22(2,3)4)20(14-19)23(18)15-17-10-8-7-9-11-17/h7-11,18-21H,12-15H2,1-6H3. The normalized spacial score (nSPS) is 29.0. The minimum atomic E-state index is -1.84. The van der Waals surface area contributed by atoms with Gasteiger partial charge in [0.05, 0.1) is 6.10 Å². The molecule has 150 valence electrons. The molecule has 0 radical (unpaired) electrons. The molecule has 4 atom stereocenters. The van der Waals surface area contributed by atoms with E-state index in [2.05, 4.69) is 69.1 Å². The highest BCUT2D eigenvalue weighted by molar-refractivity contribution is 6.74. The molecule has 2 aliphatic rings. The van der Waals surface area contributed by atoms with Gasteiger partial charge in [0, 0.05) is 38.4 Å². The molecule has 27 heavy (non-hydrogen) atoms. The van der Waals surface area contributed by atoms with E-state index in [1.807, 2.05) is 0 Å². The van der Waals surface area contributed by atoms with Crippen molar-refractivity contribution in [3.63, 3.8) is 0 Å². The van der Waals surface area contributed by atoms with Gasteiger partial charge in [-0.1, -0.05) is 51.1 Å². The van der Waals surface area contributed by atoms with Crippen LogP contribution in [-0.2, 0) is 20.5 Å². The summed E-state index contributed by atoms with van der Waals surface area (Å²) in [6.45, 7) is 14.0. The summed E-state index contributed by atoms with van der Waals surface area (Å²) >= 11 is 0. The molecule has 1 aromatic carbocycles. The van der Waals surface area contributed by atoms with E-state index in [1.165, 1.54) is 12.5 Å². The van der Waals surface area contributed by atoms with Crippen LogP contribution < -0.4 is 0 Å². The second-order valence-corrected chi connectivity index (χ2v) is 14.5. The zero-order chi connectivity index (χ0) is 19.8. The number of hydrogen-bond acceptors (Lipinski definition) is 4. The zero-order valence-corrected chi connectivity index (χ0v) is 18.7. The highest BCUT2D eigenvalue weighted by atomic mass is 28.4. The van der Waals surface area contributed by atoms with Crippen LogP contribution in [0.5, 0.6) is 0 Å². The molecule has 2 aliphatic heterocycles. The van der Waals surface area contributed by atoms with Crippen LogP contribution in [0.1, 0.15) is 52.5 Å². The average Bonchev–Trinajstić information content (AvgIpc) is 2.73. The van der Waals surface area contributed by atoms with Gasteiger partial charge in [-0.15, -0.1) is 0 Å². The number of fused-ring (bicyclic) bond motifs is 2. The Labute approximate surface area is 165 Å². The molecular formula is C22H35NO3Si. The second-order valence-electron chi connectivity index (χ2n) is 9.73. The molecule has 4 unspecified atom stereocenters. The van der Waals surface area contributed by atoms with Crippen molar-refractivity contribution in [3.8, 4) is 0 Å². The Balaban J connectivity index is 1.79. The lowest BCUT2D eigenvalue weighted by atomic mass is 9.98. The summed E-state index contributed by atoms with van der Waals surface area (Å²) < 4.78 is 12.5. The third kappa shape index (κ3) is 4.64. The van der Waals surface area contributed by atoms with Crippen LogP contribution in [0.3, 0.4) is 0 Å². The number of hydrogen-bond donors (Lipinski definition) is 0. The molecule has 2 fully saturated rings. The predicted octanol–water partition coefficient (Wildman–Crippen LogP) is 4.75. The van der Waals surface area contributed by atoms with Crippen LogP contribution in [0, 0.1) is 0 Å². The molecule has 2 heterocycles. The second kappa shape index (κ2) is 7.68. The Morgan fingerprint density at radius 2 is 1.81 bits per heavy atom. The Morgan fingerprint density at radius 3 is 2.41 bits per heavy atom. The Kier molecular flexibility index (Phi) is 5.85. The number of esters is 1. The third-order valence-corrected chi connectivity index (χ3v) is 11.2.